The van der Waals surface area contributed by atoms with Crippen LogP contribution in [0.4, 0.5) is 0 Å². The number of benzene rings is 5. The molecular formula is C49H46IrN2SSi-2. The molecule has 0 amide bonds. The summed E-state index contributed by atoms with van der Waals surface area (Å²) in [5.41, 5.74) is 7.73. The maximum absolute atomic E-state index is 8.67. The molecule has 0 N–H and O–H groups in total. The Labute approximate surface area is 346 Å². The van der Waals surface area contributed by atoms with Crippen molar-refractivity contribution in [2.24, 2.45) is 5.41 Å². The molecule has 5 heteroatoms. The standard InChI is InChI=1S/C28H24NS.C21H22NSi.Ir/c1-28(2,3)18-19-14-15-29-25(16-19)24-11-7-10-23-22-13-12-21(17-26(22)30-27(23)24)20-8-5-4-6-9-20;1-16-10-11-18(14-20(16)17-8-6-5-7-9-17)21-13-12-19(15-22-21)23(2,3)4;/h4-10,12-17H,18H2,1-3H3;5-10,12-15H,1-4H3;/q2*-1;/i18D2;1D3;. The van der Waals surface area contributed by atoms with Gasteiger partial charge in [-0.1, -0.05) is 155 Å². The summed E-state index contributed by atoms with van der Waals surface area (Å²) in [4.78, 5) is 9.20. The molecular weight excluding hydrogens is 869 g/mol. The predicted octanol–water partition coefficient (Wildman–Crippen LogP) is 13.2. The van der Waals surface area contributed by atoms with Crippen molar-refractivity contribution in [1.82, 2.24) is 9.97 Å². The van der Waals surface area contributed by atoms with Crippen LogP contribution in [0.5, 0.6) is 0 Å². The first kappa shape index (κ1) is 32.9. The van der Waals surface area contributed by atoms with Gasteiger partial charge in [-0.2, -0.15) is 11.3 Å². The number of hydrogen-bond donors (Lipinski definition) is 0. The van der Waals surface area contributed by atoms with Crippen molar-refractivity contribution < 1.29 is 27.0 Å². The summed E-state index contributed by atoms with van der Waals surface area (Å²) < 4.78 is 43.2. The Kier molecular flexibility index (Phi) is 10.0. The van der Waals surface area contributed by atoms with Crippen molar-refractivity contribution in [3.8, 4) is 44.8 Å². The van der Waals surface area contributed by atoms with Crippen LogP contribution in [0, 0.1) is 24.4 Å². The van der Waals surface area contributed by atoms with Gasteiger partial charge in [-0.25, -0.2) is 0 Å². The average Bonchev–Trinajstić information content (AvgIpc) is 3.59. The molecule has 0 aliphatic heterocycles. The van der Waals surface area contributed by atoms with Gasteiger partial charge in [0.05, 0.1) is 8.07 Å². The van der Waals surface area contributed by atoms with E-state index < -0.39 is 26.7 Å². The molecule has 8 rings (SSSR count). The number of nitrogens with zero attached hydrogens (tertiary/aromatic N) is 2. The summed E-state index contributed by atoms with van der Waals surface area (Å²) in [6.07, 6.45) is 2.18. The average molecular weight is 920 g/mol. The molecule has 3 heterocycles. The summed E-state index contributed by atoms with van der Waals surface area (Å²) in [5.74, 6) is 0. The van der Waals surface area contributed by atoms with E-state index in [2.05, 4.69) is 96.3 Å². The molecule has 5 aromatic carbocycles. The van der Waals surface area contributed by atoms with E-state index in [0.717, 1.165) is 32.8 Å². The zero-order valence-corrected chi connectivity index (χ0v) is 35.6. The largest absolute Gasteiger partial charge is 0.305 e. The van der Waals surface area contributed by atoms with Gasteiger partial charge in [-0.15, -0.1) is 53.1 Å². The second-order valence-corrected chi connectivity index (χ2v) is 21.4. The molecule has 0 atom stereocenters. The van der Waals surface area contributed by atoms with Crippen LogP contribution in [0.25, 0.3) is 64.9 Å². The minimum atomic E-state index is -2.19. The molecule has 0 saturated carbocycles. The fraction of sp³-hybridized carbons (Fsp3) is 0.184. The van der Waals surface area contributed by atoms with Crippen LogP contribution in [0.1, 0.15) is 38.8 Å². The van der Waals surface area contributed by atoms with E-state index in [1.165, 1.54) is 31.8 Å². The quantitative estimate of drug-likeness (QED) is 0.123. The Morgan fingerprint density at radius 1 is 0.741 bits per heavy atom. The Morgan fingerprint density at radius 3 is 2.15 bits per heavy atom. The minimum Gasteiger partial charge on any atom is -0.305 e. The third-order valence-electron chi connectivity index (χ3n) is 9.02. The monoisotopic (exact) mass is 920 g/mol. The first-order valence-electron chi connectivity index (χ1n) is 20.4. The third kappa shape index (κ3) is 9.05. The fourth-order valence-corrected chi connectivity index (χ4v) is 8.60. The third-order valence-corrected chi connectivity index (χ3v) is 12.2. The van der Waals surface area contributed by atoms with E-state index in [9.17, 15) is 0 Å². The molecule has 0 saturated heterocycles. The Hall–Kier alpha value is -4.51. The first-order valence-corrected chi connectivity index (χ1v) is 22.2. The molecule has 3 aromatic heterocycles. The smallest absolute Gasteiger partial charge is 0.0795 e. The molecule has 0 unspecified atom stereocenters. The van der Waals surface area contributed by atoms with Crippen molar-refractivity contribution in [2.75, 3.05) is 0 Å². The van der Waals surface area contributed by atoms with Crippen LogP contribution in [0.3, 0.4) is 0 Å². The van der Waals surface area contributed by atoms with E-state index in [0.29, 0.717) is 16.7 Å². The van der Waals surface area contributed by atoms with E-state index in [1.54, 1.807) is 29.7 Å². The number of pyridine rings is 2. The van der Waals surface area contributed by atoms with E-state index in [1.807, 2.05) is 87.6 Å². The maximum atomic E-state index is 8.67. The van der Waals surface area contributed by atoms with Gasteiger partial charge in [-0.05, 0) is 67.3 Å². The molecule has 0 aliphatic carbocycles. The van der Waals surface area contributed by atoms with Crippen LogP contribution in [0.15, 0.2) is 140 Å². The summed E-state index contributed by atoms with van der Waals surface area (Å²) in [6.45, 7) is 10.5. The topological polar surface area (TPSA) is 25.8 Å². The van der Waals surface area contributed by atoms with Crippen LogP contribution in [-0.4, -0.2) is 18.0 Å². The van der Waals surface area contributed by atoms with Gasteiger partial charge in [0, 0.05) is 44.1 Å². The SMILES string of the molecule is [2H]C([2H])([2H])c1c[c-]c(-c2ccc([Si](C)(C)C)cn2)cc1-c1ccccc1.[2H]C([2H])(c1ccnc(-c2[c-]ccc3c2sc2cc(-c4ccccc4)ccc23)c1)C(C)(C)C.[Ir]. The summed E-state index contributed by atoms with van der Waals surface area (Å²) in [6, 6.07) is 48.5. The predicted molar refractivity (Wildman–Crippen MR) is 232 cm³/mol. The summed E-state index contributed by atoms with van der Waals surface area (Å²) in [7, 11) is -1.40. The molecule has 8 aromatic rings. The Balaban J connectivity index is 0.000000199. The van der Waals surface area contributed by atoms with Gasteiger partial charge < -0.3 is 9.97 Å². The van der Waals surface area contributed by atoms with Crippen molar-refractivity contribution in [2.45, 2.75) is 53.6 Å². The van der Waals surface area contributed by atoms with Crippen molar-refractivity contribution >= 4 is 44.8 Å². The van der Waals surface area contributed by atoms with Gasteiger partial charge in [-0.3, -0.25) is 0 Å². The van der Waals surface area contributed by atoms with Crippen molar-refractivity contribution in [3.05, 3.63) is 163 Å². The van der Waals surface area contributed by atoms with Crippen LogP contribution in [0.2, 0.25) is 19.6 Å². The van der Waals surface area contributed by atoms with E-state index in [4.69, 9.17) is 6.85 Å². The van der Waals surface area contributed by atoms with Gasteiger partial charge in [0.1, 0.15) is 0 Å². The Morgan fingerprint density at radius 2 is 1.48 bits per heavy atom. The molecule has 0 aliphatic rings. The van der Waals surface area contributed by atoms with Crippen LogP contribution in [-0.2, 0) is 26.5 Å². The number of hydrogen-bond acceptors (Lipinski definition) is 3. The van der Waals surface area contributed by atoms with Crippen molar-refractivity contribution in [1.29, 1.82) is 0 Å². The van der Waals surface area contributed by atoms with Gasteiger partial charge in [0.25, 0.3) is 0 Å². The second-order valence-electron chi connectivity index (χ2n) is 15.3. The molecule has 0 bridgehead atoms. The number of rotatable bonds is 6. The first-order chi connectivity index (χ1) is 27.4. The minimum absolute atomic E-state index is 0. The zero-order chi connectivity index (χ0) is 41.5. The van der Waals surface area contributed by atoms with Crippen LogP contribution >= 0.6 is 11.3 Å². The normalized spacial score (nSPS) is 13.4. The summed E-state index contributed by atoms with van der Waals surface area (Å²) in [5, 5.41) is 3.70. The molecule has 0 fully saturated rings. The van der Waals surface area contributed by atoms with Crippen molar-refractivity contribution in [3.63, 3.8) is 0 Å². The van der Waals surface area contributed by atoms with Gasteiger partial charge in [0.2, 0.25) is 0 Å². The summed E-state index contributed by atoms with van der Waals surface area (Å²) >= 11 is 1.75. The molecule has 1 radical (unpaired) electrons. The molecule has 273 valence electrons. The molecule has 54 heavy (non-hydrogen) atoms. The molecule has 0 spiro atoms. The van der Waals surface area contributed by atoms with E-state index >= 15 is 0 Å². The van der Waals surface area contributed by atoms with Gasteiger partial charge in [0.15, 0.2) is 0 Å². The number of aryl methyl sites for hydroxylation is 1. The fourth-order valence-electron chi connectivity index (χ4n) is 6.31. The number of aromatic nitrogens is 2. The van der Waals surface area contributed by atoms with Crippen LogP contribution < -0.4 is 5.19 Å². The Bertz CT molecular complexity index is 2700. The van der Waals surface area contributed by atoms with Gasteiger partial charge >= 0.3 is 0 Å². The number of thiophene rings is 1. The maximum Gasteiger partial charge on any atom is 0.0795 e. The second kappa shape index (κ2) is 16.5. The van der Waals surface area contributed by atoms with E-state index in [-0.39, 0.29) is 20.1 Å². The molecule has 2 nitrogen and oxygen atoms in total. The zero-order valence-electron chi connectivity index (χ0n) is 36.4. The number of fused-ring (bicyclic) bond motifs is 3.